The van der Waals surface area contributed by atoms with Crippen LogP contribution in [-0.2, 0) is 9.53 Å². The zero-order chi connectivity index (χ0) is 15.8. The van der Waals surface area contributed by atoms with Crippen molar-refractivity contribution in [3.63, 3.8) is 0 Å². The molecule has 1 rings (SSSR count). The van der Waals surface area contributed by atoms with Crippen molar-refractivity contribution >= 4 is 29.1 Å². The number of halogens is 2. The van der Waals surface area contributed by atoms with E-state index < -0.39 is 6.10 Å². The van der Waals surface area contributed by atoms with Crippen molar-refractivity contribution in [2.45, 2.75) is 25.9 Å². The van der Waals surface area contributed by atoms with Crippen molar-refractivity contribution in [2.75, 3.05) is 20.3 Å². The minimum atomic E-state index is -0.929. The number of carbonyl (C=O) groups excluding carboxylic acids is 1. The van der Waals surface area contributed by atoms with Gasteiger partial charge in [0.2, 0.25) is 5.91 Å². The topological polar surface area (TPSA) is 58.6 Å². The molecule has 118 valence electrons. The molecule has 2 N–H and O–H groups in total. The molecule has 6 heteroatoms. The van der Waals surface area contributed by atoms with Gasteiger partial charge in [0.1, 0.15) is 0 Å². The lowest BCUT2D eigenvalue weighted by Crippen LogP contribution is -2.33. The lowest BCUT2D eigenvalue weighted by molar-refractivity contribution is -0.125. The third kappa shape index (κ3) is 5.83. The van der Waals surface area contributed by atoms with Gasteiger partial charge >= 0.3 is 0 Å². The Bertz CT molecular complexity index is 448. The second kappa shape index (κ2) is 9.26. The van der Waals surface area contributed by atoms with E-state index in [1.165, 1.54) is 0 Å². The van der Waals surface area contributed by atoms with Gasteiger partial charge in [0.15, 0.2) is 0 Å². The Kier molecular flexibility index (Phi) is 8.04. The third-order valence-electron chi connectivity index (χ3n) is 3.24. The average Bonchev–Trinajstić information content (AvgIpc) is 2.44. The van der Waals surface area contributed by atoms with E-state index in [1.54, 1.807) is 25.3 Å². The van der Waals surface area contributed by atoms with E-state index in [1.807, 2.05) is 6.92 Å². The van der Waals surface area contributed by atoms with Gasteiger partial charge in [-0.1, -0.05) is 36.2 Å². The first-order valence-electron chi connectivity index (χ1n) is 6.86. The van der Waals surface area contributed by atoms with Crippen LogP contribution in [0.1, 0.15) is 31.4 Å². The quantitative estimate of drug-likeness (QED) is 0.718. The number of aliphatic hydroxyl groups is 1. The van der Waals surface area contributed by atoms with E-state index in [2.05, 4.69) is 5.32 Å². The molecule has 1 amide bonds. The highest BCUT2D eigenvalue weighted by molar-refractivity contribution is 6.36. The minimum Gasteiger partial charge on any atom is -0.386 e. The Labute approximate surface area is 135 Å². The fraction of sp³-hybridized carbons (Fsp3) is 0.533. The molecule has 0 fully saturated rings. The first-order chi connectivity index (χ1) is 9.97. The number of nitrogens with one attached hydrogen (secondary N) is 1. The van der Waals surface area contributed by atoms with Gasteiger partial charge in [0.25, 0.3) is 0 Å². The van der Waals surface area contributed by atoms with Crippen molar-refractivity contribution in [3.05, 3.63) is 33.8 Å². The van der Waals surface area contributed by atoms with Gasteiger partial charge in [-0.3, -0.25) is 4.79 Å². The maximum Gasteiger partial charge on any atom is 0.222 e. The number of hydrogen-bond donors (Lipinski definition) is 2. The summed E-state index contributed by atoms with van der Waals surface area (Å²) >= 11 is 12.0. The summed E-state index contributed by atoms with van der Waals surface area (Å²) < 4.78 is 4.95. The fourth-order valence-corrected chi connectivity index (χ4v) is 2.62. The molecule has 0 saturated carbocycles. The van der Waals surface area contributed by atoms with E-state index in [9.17, 15) is 9.90 Å². The smallest absolute Gasteiger partial charge is 0.222 e. The molecule has 2 unspecified atom stereocenters. The predicted molar refractivity (Wildman–Crippen MR) is 84.7 cm³/mol. The number of hydrogen-bond acceptors (Lipinski definition) is 3. The summed E-state index contributed by atoms with van der Waals surface area (Å²) in [5, 5.41) is 13.6. The number of aliphatic hydroxyl groups excluding tert-OH is 1. The summed E-state index contributed by atoms with van der Waals surface area (Å²) in [6.07, 6.45) is 0.633. The minimum absolute atomic E-state index is 0.0803. The number of ether oxygens (including phenoxy) is 1. The summed E-state index contributed by atoms with van der Waals surface area (Å²) in [6.45, 7) is 2.56. The van der Waals surface area contributed by atoms with Crippen LogP contribution >= 0.6 is 23.2 Å². The summed E-state index contributed by atoms with van der Waals surface area (Å²) in [6, 6.07) is 5.01. The van der Waals surface area contributed by atoms with Gasteiger partial charge in [-0.05, 0) is 25.0 Å². The van der Waals surface area contributed by atoms with E-state index in [-0.39, 0.29) is 18.4 Å². The maximum atomic E-state index is 11.9. The van der Waals surface area contributed by atoms with Crippen LogP contribution in [0.25, 0.3) is 0 Å². The van der Waals surface area contributed by atoms with Crippen molar-refractivity contribution in [1.29, 1.82) is 0 Å². The van der Waals surface area contributed by atoms with Crippen LogP contribution < -0.4 is 5.32 Å². The Morgan fingerprint density at radius 2 is 2.00 bits per heavy atom. The molecule has 0 heterocycles. The van der Waals surface area contributed by atoms with Gasteiger partial charge < -0.3 is 15.2 Å². The highest BCUT2D eigenvalue weighted by Gasteiger charge is 2.18. The molecule has 0 spiro atoms. The monoisotopic (exact) mass is 333 g/mol. The third-order valence-corrected chi connectivity index (χ3v) is 3.89. The standard InChI is InChI=1S/C15H21Cl2NO3/c1-10(5-4-8-21-2)15(20)18-9-13(19)14-11(16)6-3-7-12(14)17/h3,6-7,10,13,19H,4-5,8-9H2,1-2H3,(H,18,20). The van der Waals surface area contributed by atoms with Crippen LogP contribution in [0, 0.1) is 5.92 Å². The molecule has 0 bridgehead atoms. The molecular weight excluding hydrogens is 313 g/mol. The molecule has 1 aromatic carbocycles. The second-order valence-corrected chi connectivity index (χ2v) is 5.75. The molecule has 0 aromatic heterocycles. The number of carbonyl (C=O) groups is 1. The Hall–Kier alpha value is -0.810. The van der Waals surface area contributed by atoms with Gasteiger partial charge in [-0.2, -0.15) is 0 Å². The van der Waals surface area contributed by atoms with Crippen LogP contribution in [0.5, 0.6) is 0 Å². The molecule has 0 saturated heterocycles. The number of benzene rings is 1. The first kappa shape index (κ1) is 18.2. The van der Waals surface area contributed by atoms with Crippen LogP contribution in [0.2, 0.25) is 10.0 Å². The molecule has 0 aliphatic rings. The Morgan fingerprint density at radius 3 is 2.57 bits per heavy atom. The molecule has 21 heavy (non-hydrogen) atoms. The lowest BCUT2D eigenvalue weighted by Gasteiger charge is -2.17. The summed E-state index contributed by atoms with van der Waals surface area (Å²) in [5.74, 6) is -0.234. The lowest BCUT2D eigenvalue weighted by atomic mass is 10.0. The Balaban J connectivity index is 2.49. The van der Waals surface area contributed by atoms with Crippen LogP contribution in [0.3, 0.4) is 0 Å². The first-order valence-corrected chi connectivity index (χ1v) is 7.61. The molecular formula is C15H21Cl2NO3. The normalized spacial score (nSPS) is 13.8. The molecule has 4 nitrogen and oxygen atoms in total. The summed E-state index contributed by atoms with van der Waals surface area (Å²) in [5.41, 5.74) is 0.438. The molecule has 1 aromatic rings. The van der Waals surface area contributed by atoms with Crippen LogP contribution in [0.15, 0.2) is 18.2 Å². The van der Waals surface area contributed by atoms with Crippen molar-refractivity contribution in [1.82, 2.24) is 5.32 Å². The number of rotatable bonds is 8. The van der Waals surface area contributed by atoms with Gasteiger partial charge in [0, 0.05) is 41.8 Å². The SMILES string of the molecule is COCCCC(C)C(=O)NCC(O)c1c(Cl)cccc1Cl. The second-order valence-electron chi connectivity index (χ2n) is 4.93. The Morgan fingerprint density at radius 1 is 1.38 bits per heavy atom. The highest BCUT2D eigenvalue weighted by atomic mass is 35.5. The van der Waals surface area contributed by atoms with Gasteiger partial charge in [-0.25, -0.2) is 0 Å². The summed E-state index contributed by atoms with van der Waals surface area (Å²) in [7, 11) is 1.63. The van der Waals surface area contributed by atoms with Crippen LogP contribution in [-0.4, -0.2) is 31.3 Å². The van der Waals surface area contributed by atoms with Crippen molar-refractivity contribution in [2.24, 2.45) is 5.92 Å². The highest BCUT2D eigenvalue weighted by Crippen LogP contribution is 2.29. The maximum absolute atomic E-state index is 11.9. The van der Waals surface area contributed by atoms with E-state index in [0.717, 1.165) is 12.8 Å². The molecule has 0 radical (unpaired) electrons. The van der Waals surface area contributed by atoms with Crippen LogP contribution in [0.4, 0.5) is 0 Å². The van der Waals surface area contributed by atoms with Gasteiger partial charge in [-0.15, -0.1) is 0 Å². The van der Waals surface area contributed by atoms with Crippen molar-refractivity contribution < 1.29 is 14.6 Å². The number of amides is 1. The molecule has 2 atom stereocenters. The number of methoxy groups -OCH3 is 1. The fourth-order valence-electron chi connectivity index (χ4n) is 1.97. The predicted octanol–water partition coefficient (Wildman–Crippen LogP) is 3.21. The summed E-state index contributed by atoms with van der Waals surface area (Å²) in [4.78, 5) is 11.9. The molecule has 0 aliphatic carbocycles. The average molecular weight is 334 g/mol. The molecule has 0 aliphatic heterocycles. The zero-order valence-electron chi connectivity index (χ0n) is 12.2. The zero-order valence-corrected chi connectivity index (χ0v) is 13.7. The largest absolute Gasteiger partial charge is 0.386 e. The van der Waals surface area contributed by atoms with Crippen molar-refractivity contribution in [3.8, 4) is 0 Å². The van der Waals surface area contributed by atoms with E-state index >= 15 is 0 Å². The van der Waals surface area contributed by atoms with E-state index in [4.69, 9.17) is 27.9 Å². The van der Waals surface area contributed by atoms with Gasteiger partial charge in [0.05, 0.1) is 6.10 Å². The van der Waals surface area contributed by atoms with E-state index in [0.29, 0.717) is 22.2 Å².